The standard InChI is InChI=1S/C11H14ClNO6S2/c1-8(6-12)7-21(18,19)10-5-3-4-9(20(2,16)17)11(10)13(14)15/h3-5,8H,6-7H2,1-2H3. The summed E-state index contributed by atoms with van der Waals surface area (Å²) < 4.78 is 47.7. The van der Waals surface area contributed by atoms with Crippen molar-refractivity contribution < 1.29 is 21.8 Å². The van der Waals surface area contributed by atoms with Crippen LogP contribution in [0.1, 0.15) is 6.92 Å². The Morgan fingerprint density at radius 3 is 2.19 bits per heavy atom. The first-order valence-corrected chi connectivity index (χ1v) is 9.84. The summed E-state index contributed by atoms with van der Waals surface area (Å²) >= 11 is 5.56. The van der Waals surface area contributed by atoms with E-state index in [1.54, 1.807) is 6.92 Å². The first-order chi connectivity index (χ1) is 9.50. The van der Waals surface area contributed by atoms with E-state index in [1.165, 1.54) is 6.07 Å². The molecule has 0 amide bonds. The molecule has 10 heteroatoms. The van der Waals surface area contributed by atoms with Crippen molar-refractivity contribution in [3.05, 3.63) is 28.3 Å². The summed E-state index contributed by atoms with van der Waals surface area (Å²) in [5.41, 5.74) is -0.915. The van der Waals surface area contributed by atoms with Gasteiger partial charge >= 0.3 is 5.69 Å². The fraction of sp³-hybridized carbons (Fsp3) is 0.455. The van der Waals surface area contributed by atoms with Crippen LogP contribution in [0.2, 0.25) is 0 Å². The van der Waals surface area contributed by atoms with Gasteiger partial charge in [0.05, 0.1) is 10.7 Å². The summed E-state index contributed by atoms with van der Waals surface area (Å²) in [6.45, 7) is 1.58. The van der Waals surface area contributed by atoms with Gasteiger partial charge in [-0.3, -0.25) is 10.1 Å². The Labute approximate surface area is 127 Å². The number of hydrogen-bond donors (Lipinski definition) is 0. The van der Waals surface area contributed by atoms with Gasteiger partial charge in [0.2, 0.25) is 0 Å². The summed E-state index contributed by atoms with van der Waals surface area (Å²) in [5.74, 6) is -0.748. The quantitative estimate of drug-likeness (QED) is 0.435. The average molecular weight is 356 g/mol. The number of sulfone groups is 2. The molecule has 0 bridgehead atoms. The Morgan fingerprint density at radius 2 is 1.76 bits per heavy atom. The number of nitrogens with zero attached hydrogens (tertiary/aromatic N) is 1. The predicted octanol–water partition coefficient (Wildman–Crippen LogP) is 1.65. The molecule has 0 spiro atoms. The van der Waals surface area contributed by atoms with E-state index < -0.39 is 51.7 Å². The second kappa shape index (κ2) is 6.29. The number of benzene rings is 1. The highest BCUT2D eigenvalue weighted by molar-refractivity contribution is 7.92. The highest BCUT2D eigenvalue weighted by atomic mass is 35.5. The zero-order valence-corrected chi connectivity index (χ0v) is 13.7. The monoisotopic (exact) mass is 355 g/mol. The molecule has 1 rings (SSSR count). The molecule has 0 aliphatic heterocycles. The van der Waals surface area contributed by atoms with Gasteiger partial charge in [0.15, 0.2) is 19.7 Å². The third kappa shape index (κ3) is 4.14. The van der Waals surface area contributed by atoms with Crippen LogP contribution in [0.15, 0.2) is 28.0 Å². The molecule has 0 fully saturated rings. The molecule has 21 heavy (non-hydrogen) atoms. The molecular weight excluding hydrogens is 342 g/mol. The SMILES string of the molecule is CC(CCl)CS(=O)(=O)c1cccc(S(C)(=O)=O)c1[N+](=O)[O-]. The van der Waals surface area contributed by atoms with Crippen molar-refractivity contribution in [3.8, 4) is 0 Å². The van der Waals surface area contributed by atoms with Crippen molar-refractivity contribution in [1.29, 1.82) is 0 Å². The highest BCUT2D eigenvalue weighted by Crippen LogP contribution is 2.32. The van der Waals surface area contributed by atoms with Crippen LogP contribution in [0.25, 0.3) is 0 Å². The van der Waals surface area contributed by atoms with E-state index in [-0.39, 0.29) is 5.88 Å². The maximum absolute atomic E-state index is 12.2. The van der Waals surface area contributed by atoms with Crippen LogP contribution >= 0.6 is 11.6 Å². The molecule has 0 radical (unpaired) electrons. The van der Waals surface area contributed by atoms with Gasteiger partial charge < -0.3 is 0 Å². The van der Waals surface area contributed by atoms with Gasteiger partial charge in [-0.25, -0.2) is 16.8 Å². The predicted molar refractivity (Wildman–Crippen MR) is 78.1 cm³/mol. The van der Waals surface area contributed by atoms with E-state index in [9.17, 15) is 26.9 Å². The minimum Gasteiger partial charge on any atom is -0.258 e. The van der Waals surface area contributed by atoms with Crippen LogP contribution in [-0.2, 0) is 19.7 Å². The fourth-order valence-electron chi connectivity index (χ4n) is 1.74. The van der Waals surface area contributed by atoms with Gasteiger partial charge in [0.25, 0.3) is 0 Å². The molecule has 1 aromatic carbocycles. The Morgan fingerprint density at radius 1 is 1.24 bits per heavy atom. The molecule has 0 saturated heterocycles. The van der Waals surface area contributed by atoms with Gasteiger partial charge in [0, 0.05) is 12.1 Å². The zero-order chi connectivity index (χ0) is 16.4. The first-order valence-electron chi connectivity index (χ1n) is 5.77. The van der Waals surface area contributed by atoms with Crippen molar-refractivity contribution in [2.75, 3.05) is 17.9 Å². The normalized spacial score (nSPS) is 13.9. The highest BCUT2D eigenvalue weighted by Gasteiger charge is 2.33. The maximum Gasteiger partial charge on any atom is 0.306 e. The van der Waals surface area contributed by atoms with Crippen molar-refractivity contribution in [2.24, 2.45) is 5.92 Å². The molecule has 7 nitrogen and oxygen atoms in total. The second-order valence-electron chi connectivity index (χ2n) is 4.67. The summed E-state index contributed by atoms with van der Waals surface area (Å²) in [6, 6.07) is 3.21. The smallest absolute Gasteiger partial charge is 0.258 e. The number of alkyl halides is 1. The van der Waals surface area contributed by atoms with E-state index in [2.05, 4.69) is 0 Å². The summed E-state index contributed by atoms with van der Waals surface area (Å²) in [7, 11) is -7.95. The molecule has 0 aromatic heterocycles. The van der Waals surface area contributed by atoms with E-state index in [4.69, 9.17) is 11.6 Å². The largest absolute Gasteiger partial charge is 0.306 e. The maximum atomic E-state index is 12.2. The number of nitro groups is 1. The van der Waals surface area contributed by atoms with Gasteiger partial charge in [-0.15, -0.1) is 11.6 Å². The minimum absolute atomic E-state index is 0.0682. The van der Waals surface area contributed by atoms with Crippen molar-refractivity contribution >= 4 is 37.0 Å². The van der Waals surface area contributed by atoms with Gasteiger partial charge in [-0.2, -0.15) is 0 Å². The third-order valence-corrected chi connectivity index (χ3v) is 6.31. The molecule has 1 aromatic rings. The van der Waals surface area contributed by atoms with E-state index >= 15 is 0 Å². The van der Waals surface area contributed by atoms with Gasteiger partial charge in [-0.1, -0.05) is 13.0 Å². The molecule has 0 saturated carbocycles. The lowest BCUT2D eigenvalue weighted by Crippen LogP contribution is -2.17. The second-order valence-corrected chi connectivity index (χ2v) is 8.97. The van der Waals surface area contributed by atoms with Crippen molar-refractivity contribution in [3.63, 3.8) is 0 Å². The number of rotatable bonds is 6. The first kappa shape index (κ1) is 17.9. The van der Waals surface area contributed by atoms with Crippen LogP contribution in [0.4, 0.5) is 5.69 Å². The molecule has 1 unspecified atom stereocenters. The molecular formula is C11H14ClNO6S2. The van der Waals surface area contributed by atoms with Gasteiger partial charge in [0.1, 0.15) is 9.79 Å². The molecule has 0 heterocycles. The Bertz CT molecular complexity index is 757. The molecule has 0 aliphatic carbocycles. The lowest BCUT2D eigenvalue weighted by molar-refractivity contribution is -0.390. The van der Waals surface area contributed by atoms with Crippen LogP contribution in [0, 0.1) is 16.0 Å². The van der Waals surface area contributed by atoms with E-state index in [0.29, 0.717) is 0 Å². The Balaban J connectivity index is 3.62. The third-order valence-electron chi connectivity index (χ3n) is 2.65. The van der Waals surface area contributed by atoms with Crippen LogP contribution < -0.4 is 0 Å². The van der Waals surface area contributed by atoms with Crippen LogP contribution in [0.5, 0.6) is 0 Å². The van der Waals surface area contributed by atoms with Gasteiger partial charge in [-0.05, 0) is 18.1 Å². The Hall–Kier alpha value is -1.19. The van der Waals surface area contributed by atoms with Crippen molar-refractivity contribution in [2.45, 2.75) is 16.7 Å². The lowest BCUT2D eigenvalue weighted by atomic mass is 10.3. The van der Waals surface area contributed by atoms with Crippen LogP contribution in [0.3, 0.4) is 0 Å². The van der Waals surface area contributed by atoms with Crippen molar-refractivity contribution in [1.82, 2.24) is 0 Å². The summed E-state index contributed by atoms with van der Waals surface area (Å²) in [5, 5.41) is 11.1. The fourth-order valence-corrected chi connectivity index (χ4v) is 4.72. The topological polar surface area (TPSA) is 111 Å². The average Bonchev–Trinajstić information content (AvgIpc) is 2.36. The van der Waals surface area contributed by atoms with E-state index in [1.807, 2.05) is 0 Å². The van der Waals surface area contributed by atoms with E-state index in [0.717, 1.165) is 18.4 Å². The number of halogens is 1. The number of para-hydroxylation sites is 1. The zero-order valence-electron chi connectivity index (χ0n) is 11.3. The minimum atomic E-state index is -4.02. The van der Waals surface area contributed by atoms with Crippen LogP contribution in [-0.4, -0.2) is 39.6 Å². The molecule has 1 atom stereocenters. The Kier molecular flexibility index (Phi) is 5.35. The molecule has 0 aliphatic rings. The molecule has 0 N–H and O–H groups in total. The number of nitro benzene ring substituents is 1. The lowest BCUT2D eigenvalue weighted by Gasteiger charge is -2.10. The summed E-state index contributed by atoms with van der Waals surface area (Å²) in [6.07, 6.45) is 0.785. The number of hydrogen-bond acceptors (Lipinski definition) is 6. The summed E-state index contributed by atoms with van der Waals surface area (Å²) in [4.78, 5) is 8.93. The molecule has 118 valence electrons.